The van der Waals surface area contributed by atoms with Crippen LogP contribution in [0.3, 0.4) is 0 Å². The summed E-state index contributed by atoms with van der Waals surface area (Å²) < 4.78 is 0. The second kappa shape index (κ2) is 8.27. The van der Waals surface area contributed by atoms with Gasteiger partial charge in [0.2, 0.25) is 0 Å². The fraction of sp³-hybridized carbons (Fsp3) is 0.0417. The van der Waals surface area contributed by atoms with Crippen LogP contribution in [0.15, 0.2) is 103 Å². The first-order valence-electron chi connectivity index (χ1n) is 9.09. The number of hydrogen-bond acceptors (Lipinski definition) is 3. The molecule has 1 amide bonds. The van der Waals surface area contributed by atoms with Crippen molar-refractivity contribution in [3.63, 3.8) is 0 Å². The van der Waals surface area contributed by atoms with E-state index in [2.05, 4.69) is 15.3 Å². The molecule has 1 aromatic heterocycles. The van der Waals surface area contributed by atoms with Crippen LogP contribution >= 0.6 is 0 Å². The van der Waals surface area contributed by atoms with Crippen LogP contribution in [0.25, 0.3) is 11.4 Å². The van der Waals surface area contributed by atoms with Crippen LogP contribution in [-0.4, -0.2) is 15.9 Å². The summed E-state index contributed by atoms with van der Waals surface area (Å²) in [5.41, 5.74) is 3.38. The molecule has 0 aliphatic heterocycles. The van der Waals surface area contributed by atoms with Crippen molar-refractivity contribution in [1.29, 1.82) is 0 Å². The van der Waals surface area contributed by atoms with Crippen molar-refractivity contribution >= 4 is 5.91 Å². The van der Waals surface area contributed by atoms with Crippen molar-refractivity contribution < 1.29 is 4.79 Å². The highest BCUT2D eigenvalue weighted by atomic mass is 16.1. The van der Waals surface area contributed by atoms with Crippen molar-refractivity contribution in [2.75, 3.05) is 0 Å². The second-order valence-electron chi connectivity index (χ2n) is 6.39. The molecule has 0 saturated heterocycles. The van der Waals surface area contributed by atoms with Gasteiger partial charge in [-0.2, -0.15) is 0 Å². The average molecular weight is 365 g/mol. The van der Waals surface area contributed by atoms with E-state index >= 15 is 0 Å². The van der Waals surface area contributed by atoms with Gasteiger partial charge in [0.05, 0.1) is 11.6 Å². The van der Waals surface area contributed by atoms with Gasteiger partial charge in [0.1, 0.15) is 0 Å². The predicted octanol–water partition coefficient (Wildman–Crippen LogP) is 4.66. The first-order valence-corrected chi connectivity index (χ1v) is 9.09. The Morgan fingerprint density at radius 3 is 1.64 bits per heavy atom. The Morgan fingerprint density at radius 1 is 0.679 bits per heavy atom. The Morgan fingerprint density at radius 2 is 1.14 bits per heavy atom. The zero-order chi connectivity index (χ0) is 19.2. The minimum atomic E-state index is -0.247. The van der Waals surface area contributed by atoms with Crippen LogP contribution in [0.5, 0.6) is 0 Å². The van der Waals surface area contributed by atoms with Crippen LogP contribution in [0.2, 0.25) is 0 Å². The van der Waals surface area contributed by atoms with Crippen molar-refractivity contribution in [1.82, 2.24) is 15.3 Å². The Balaban J connectivity index is 1.58. The van der Waals surface area contributed by atoms with Gasteiger partial charge in [-0.1, -0.05) is 91.0 Å². The first-order chi connectivity index (χ1) is 13.8. The molecule has 0 saturated carbocycles. The molecule has 0 fully saturated rings. The summed E-state index contributed by atoms with van der Waals surface area (Å²) in [6, 6.07) is 29.3. The molecular weight excluding hydrogens is 346 g/mol. The number of aromatic nitrogens is 2. The Bertz CT molecular complexity index is 994. The number of nitrogens with zero attached hydrogens (tertiary/aromatic N) is 2. The van der Waals surface area contributed by atoms with Crippen LogP contribution in [0.1, 0.15) is 27.5 Å². The molecule has 1 heterocycles. The van der Waals surface area contributed by atoms with Crippen molar-refractivity contribution in [2.45, 2.75) is 6.04 Å². The van der Waals surface area contributed by atoms with Gasteiger partial charge in [-0.25, -0.2) is 9.97 Å². The summed E-state index contributed by atoms with van der Waals surface area (Å²) in [6.45, 7) is 0. The third kappa shape index (κ3) is 3.96. The molecule has 1 N–H and O–H groups in total. The number of nitrogens with one attached hydrogen (secondary N) is 1. The average Bonchev–Trinajstić information content (AvgIpc) is 2.79. The van der Waals surface area contributed by atoms with E-state index in [1.54, 1.807) is 12.4 Å². The fourth-order valence-electron chi connectivity index (χ4n) is 3.05. The molecule has 0 atom stereocenters. The van der Waals surface area contributed by atoms with E-state index in [-0.39, 0.29) is 11.9 Å². The Hall–Kier alpha value is -3.79. The van der Waals surface area contributed by atoms with Gasteiger partial charge in [0, 0.05) is 18.0 Å². The van der Waals surface area contributed by atoms with E-state index < -0.39 is 0 Å². The number of rotatable bonds is 5. The molecule has 28 heavy (non-hydrogen) atoms. The molecule has 3 aromatic carbocycles. The Labute approximate surface area is 163 Å². The molecule has 4 heteroatoms. The lowest BCUT2D eigenvalue weighted by Crippen LogP contribution is -2.29. The van der Waals surface area contributed by atoms with Crippen LogP contribution < -0.4 is 5.32 Å². The zero-order valence-electron chi connectivity index (χ0n) is 15.2. The highest BCUT2D eigenvalue weighted by Crippen LogP contribution is 2.22. The van der Waals surface area contributed by atoms with E-state index in [1.807, 2.05) is 91.0 Å². The standard InChI is InChI=1S/C24H19N3O/c28-24(21-16-25-23(26-17-21)20-14-8-3-9-15-20)27-22(18-10-4-1-5-11-18)19-12-6-2-7-13-19/h1-17,22H,(H,27,28). The van der Waals surface area contributed by atoms with Gasteiger partial charge >= 0.3 is 0 Å². The van der Waals surface area contributed by atoms with E-state index in [1.165, 1.54) is 0 Å². The molecule has 0 aliphatic carbocycles. The summed E-state index contributed by atoms with van der Waals surface area (Å²) in [7, 11) is 0. The van der Waals surface area contributed by atoms with E-state index in [0.29, 0.717) is 11.4 Å². The van der Waals surface area contributed by atoms with E-state index in [4.69, 9.17) is 0 Å². The molecule has 4 rings (SSSR count). The molecule has 0 aliphatic rings. The zero-order valence-corrected chi connectivity index (χ0v) is 15.2. The highest BCUT2D eigenvalue weighted by Gasteiger charge is 2.18. The molecule has 0 radical (unpaired) electrons. The largest absolute Gasteiger partial charge is 0.341 e. The van der Waals surface area contributed by atoms with Crippen LogP contribution in [0, 0.1) is 0 Å². The fourth-order valence-corrected chi connectivity index (χ4v) is 3.05. The number of hydrogen-bond donors (Lipinski definition) is 1. The van der Waals surface area contributed by atoms with Gasteiger partial charge < -0.3 is 5.32 Å². The molecule has 4 aromatic rings. The molecular formula is C24H19N3O. The van der Waals surface area contributed by atoms with E-state index in [9.17, 15) is 4.79 Å². The molecule has 136 valence electrons. The number of amides is 1. The van der Waals surface area contributed by atoms with Gasteiger partial charge in [0.15, 0.2) is 5.82 Å². The van der Waals surface area contributed by atoms with Crippen LogP contribution in [0.4, 0.5) is 0 Å². The smallest absolute Gasteiger partial charge is 0.255 e. The molecule has 0 bridgehead atoms. The lowest BCUT2D eigenvalue weighted by Gasteiger charge is -2.20. The van der Waals surface area contributed by atoms with E-state index in [0.717, 1.165) is 16.7 Å². The van der Waals surface area contributed by atoms with Crippen LogP contribution in [-0.2, 0) is 0 Å². The summed E-state index contributed by atoms with van der Waals surface area (Å²) in [5, 5.41) is 3.11. The van der Waals surface area contributed by atoms with Gasteiger partial charge in [-0.3, -0.25) is 4.79 Å². The van der Waals surface area contributed by atoms with Gasteiger partial charge in [-0.05, 0) is 11.1 Å². The SMILES string of the molecule is O=C(NC(c1ccccc1)c1ccccc1)c1cnc(-c2ccccc2)nc1. The topological polar surface area (TPSA) is 54.9 Å². The quantitative estimate of drug-likeness (QED) is 0.559. The normalized spacial score (nSPS) is 10.6. The second-order valence-corrected chi connectivity index (χ2v) is 6.39. The maximum absolute atomic E-state index is 12.9. The number of benzene rings is 3. The number of carbonyl (C=O) groups excluding carboxylic acids is 1. The van der Waals surface area contributed by atoms with Gasteiger partial charge in [-0.15, -0.1) is 0 Å². The summed E-state index contributed by atoms with van der Waals surface area (Å²) in [5.74, 6) is 0.386. The highest BCUT2D eigenvalue weighted by molar-refractivity contribution is 5.94. The lowest BCUT2D eigenvalue weighted by atomic mass is 9.98. The minimum absolute atomic E-state index is 0.211. The maximum atomic E-state index is 12.9. The molecule has 0 unspecified atom stereocenters. The summed E-state index contributed by atoms with van der Waals surface area (Å²) >= 11 is 0. The third-order valence-corrected chi connectivity index (χ3v) is 4.49. The molecule has 0 spiro atoms. The summed E-state index contributed by atoms with van der Waals surface area (Å²) in [4.78, 5) is 21.6. The monoisotopic (exact) mass is 365 g/mol. The minimum Gasteiger partial charge on any atom is -0.341 e. The van der Waals surface area contributed by atoms with Gasteiger partial charge in [0.25, 0.3) is 5.91 Å². The maximum Gasteiger partial charge on any atom is 0.255 e. The van der Waals surface area contributed by atoms with Crippen molar-refractivity contribution in [3.8, 4) is 11.4 Å². The molecule has 4 nitrogen and oxygen atoms in total. The predicted molar refractivity (Wildman–Crippen MR) is 110 cm³/mol. The lowest BCUT2D eigenvalue weighted by molar-refractivity contribution is 0.0942. The third-order valence-electron chi connectivity index (χ3n) is 4.49. The number of carbonyl (C=O) groups is 1. The first kappa shape index (κ1) is 17.6. The van der Waals surface area contributed by atoms with Crippen molar-refractivity contribution in [3.05, 3.63) is 120 Å². The van der Waals surface area contributed by atoms with Crippen molar-refractivity contribution in [2.24, 2.45) is 0 Å². The summed E-state index contributed by atoms with van der Waals surface area (Å²) in [6.07, 6.45) is 3.13. The Kier molecular flexibility index (Phi) is 5.20.